The fourth-order valence-electron chi connectivity index (χ4n) is 3.35. The Morgan fingerprint density at radius 1 is 1.00 bits per heavy atom. The monoisotopic (exact) mass is 421 g/mol. The maximum Gasteiger partial charge on any atom is 0.359 e. The van der Waals surface area contributed by atoms with Crippen LogP contribution in [0.2, 0.25) is 0 Å². The Morgan fingerprint density at radius 3 is 2.35 bits per heavy atom. The van der Waals surface area contributed by atoms with Gasteiger partial charge in [-0.25, -0.2) is 9.78 Å². The van der Waals surface area contributed by atoms with Crippen LogP contribution in [-0.4, -0.2) is 64.5 Å². The van der Waals surface area contributed by atoms with Crippen LogP contribution in [-0.2, 0) is 9.53 Å². The van der Waals surface area contributed by atoms with Crippen molar-refractivity contribution in [3.05, 3.63) is 70.5 Å². The Labute approximate surface area is 177 Å². The molecule has 2 heterocycles. The fourth-order valence-corrected chi connectivity index (χ4v) is 3.35. The lowest BCUT2D eigenvalue weighted by molar-refractivity contribution is -0.384. The molecule has 0 N–H and O–H groups in total. The summed E-state index contributed by atoms with van der Waals surface area (Å²) in [6.45, 7) is 1.71. The number of nitrogens with zero attached hydrogens (tertiary/aromatic N) is 5. The number of hydrogen-bond donors (Lipinski definition) is 0. The van der Waals surface area contributed by atoms with E-state index in [9.17, 15) is 19.7 Å². The molecule has 0 aliphatic carbocycles. The lowest BCUT2D eigenvalue weighted by atomic mass is 10.2. The highest BCUT2D eigenvalue weighted by Gasteiger charge is 2.23. The van der Waals surface area contributed by atoms with E-state index in [1.54, 1.807) is 35.2 Å². The minimum absolute atomic E-state index is 0.0375. The van der Waals surface area contributed by atoms with Gasteiger partial charge in [0.1, 0.15) is 0 Å². The number of fused-ring (bicyclic) bond motifs is 1. The molecule has 4 rings (SSSR count). The van der Waals surface area contributed by atoms with E-state index < -0.39 is 10.9 Å². The first kappa shape index (κ1) is 20.2. The van der Waals surface area contributed by atoms with E-state index in [1.807, 2.05) is 11.0 Å². The van der Waals surface area contributed by atoms with Gasteiger partial charge in [-0.2, -0.15) is 0 Å². The highest BCUT2D eigenvalue weighted by molar-refractivity contribution is 5.91. The van der Waals surface area contributed by atoms with E-state index in [-0.39, 0.29) is 23.9 Å². The average molecular weight is 421 g/mol. The maximum atomic E-state index is 12.4. The van der Waals surface area contributed by atoms with E-state index in [4.69, 9.17) is 4.74 Å². The van der Waals surface area contributed by atoms with Gasteiger partial charge in [0.15, 0.2) is 12.3 Å². The first-order valence-corrected chi connectivity index (χ1v) is 9.67. The summed E-state index contributed by atoms with van der Waals surface area (Å²) in [5, 5.41) is 10.8. The molecule has 1 fully saturated rings. The van der Waals surface area contributed by atoms with Crippen molar-refractivity contribution < 1.29 is 19.2 Å². The van der Waals surface area contributed by atoms with Crippen molar-refractivity contribution in [1.29, 1.82) is 0 Å². The van der Waals surface area contributed by atoms with Crippen LogP contribution in [0, 0.1) is 10.1 Å². The number of ether oxygens (including phenoxy) is 1. The SMILES string of the molecule is O=C(OCC(=O)N1CCN(c2ccc([N+](=O)[O-])cc2)CC1)c1cnc2ccccc2n1. The van der Waals surface area contributed by atoms with Crippen molar-refractivity contribution in [2.24, 2.45) is 0 Å². The van der Waals surface area contributed by atoms with Gasteiger partial charge in [0.05, 0.1) is 22.2 Å². The van der Waals surface area contributed by atoms with Gasteiger partial charge in [0.2, 0.25) is 0 Å². The van der Waals surface area contributed by atoms with Crippen LogP contribution in [0.1, 0.15) is 10.5 Å². The standard InChI is InChI=1S/C21H19N5O5/c27-20(14-31-21(28)19-13-22-17-3-1-2-4-18(17)23-19)25-11-9-24(10-12-25)15-5-7-16(8-6-15)26(29)30/h1-8,13H,9-12,14H2. The number of carbonyl (C=O) groups is 2. The Morgan fingerprint density at radius 2 is 1.68 bits per heavy atom. The summed E-state index contributed by atoms with van der Waals surface area (Å²) in [7, 11) is 0. The Hall–Kier alpha value is -4.08. The quantitative estimate of drug-likeness (QED) is 0.349. The first-order chi connectivity index (χ1) is 15.0. The molecule has 1 aliphatic heterocycles. The van der Waals surface area contributed by atoms with Crippen LogP contribution in [0.5, 0.6) is 0 Å². The molecule has 158 valence electrons. The lowest BCUT2D eigenvalue weighted by Gasteiger charge is -2.36. The zero-order valence-corrected chi connectivity index (χ0v) is 16.5. The molecule has 2 aromatic carbocycles. The topological polar surface area (TPSA) is 119 Å². The van der Waals surface area contributed by atoms with Crippen molar-refractivity contribution in [2.75, 3.05) is 37.7 Å². The molecule has 1 amide bonds. The third-order valence-corrected chi connectivity index (χ3v) is 5.04. The predicted molar refractivity (Wildman–Crippen MR) is 112 cm³/mol. The van der Waals surface area contributed by atoms with E-state index in [1.165, 1.54) is 18.3 Å². The minimum Gasteiger partial charge on any atom is -0.451 e. The van der Waals surface area contributed by atoms with Gasteiger partial charge in [-0.1, -0.05) is 12.1 Å². The molecule has 1 aliphatic rings. The number of esters is 1. The van der Waals surface area contributed by atoms with Crippen LogP contribution >= 0.6 is 0 Å². The van der Waals surface area contributed by atoms with Crippen LogP contribution in [0.25, 0.3) is 11.0 Å². The summed E-state index contributed by atoms with van der Waals surface area (Å²) in [5.74, 6) is -0.985. The molecule has 0 unspecified atom stereocenters. The number of piperazine rings is 1. The lowest BCUT2D eigenvalue weighted by Crippen LogP contribution is -2.49. The molecular formula is C21H19N5O5. The number of para-hydroxylation sites is 2. The molecule has 0 bridgehead atoms. The third-order valence-electron chi connectivity index (χ3n) is 5.04. The van der Waals surface area contributed by atoms with Gasteiger partial charge in [-0.05, 0) is 24.3 Å². The molecular weight excluding hydrogens is 402 g/mol. The van der Waals surface area contributed by atoms with Crippen LogP contribution < -0.4 is 4.90 Å². The number of amides is 1. The van der Waals surface area contributed by atoms with E-state index in [2.05, 4.69) is 9.97 Å². The van der Waals surface area contributed by atoms with E-state index >= 15 is 0 Å². The van der Waals surface area contributed by atoms with Gasteiger partial charge < -0.3 is 14.5 Å². The normalized spacial score (nSPS) is 13.8. The second kappa shape index (κ2) is 8.74. The highest BCUT2D eigenvalue weighted by Crippen LogP contribution is 2.20. The molecule has 1 aromatic heterocycles. The van der Waals surface area contributed by atoms with Crippen molar-refractivity contribution in [3.63, 3.8) is 0 Å². The average Bonchev–Trinajstić information content (AvgIpc) is 2.82. The van der Waals surface area contributed by atoms with Gasteiger partial charge in [-0.15, -0.1) is 0 Å². The largest absolute Gasteiger partial charge is 0.451 e. The number of aromatic nitrogens is 2. The van der Waals surface area contributed by atoms with Crippen molar-refractivity contribution >= 4 is 34.3 Å². The van der Waals surface area contributed by atoms with Crippen LogP contribution in [0.4, 0.5) is 11.4 Å². The van der Waals surface area contributed by atoms with E-state index in [0.717, 1.165) is 5.69 Å². The highest BCUT2D eigenvalue weighted by atomic mass is 16.6. The Bertz CT molecular complexity index is 1130. The molecule has 0 atom stereocenters. The summed E-state index contributed by atoms with van der Waals surface area (Å²) in [5.41, 5.74) is 2.19. The number of benzene rings is 2. The number of hydrogen-bond acceptors (Lipinski definition) is 8. The summed E-state index contributed by atoms with van der Waals surface area (Å²) >= 11 is 0. The molecule has 0 saturated carbocycles. The molecule has 31 heavy (non-hydrogen) atoms. The number of carbonyl (C=O) groups excluding carboxylic acids is 2. The summed E-state index contributed by atoms with van der Waals surface area (Å²) in [6.07, 6.45) is 1.33. The molecule has 1 saturated heterocycles. The number of anilines is 1. The second-order valence-corrected chi connectivity index (χ2v) is 6.96. The summed E-state index contributed by atoms with van der Waals surface area (Å²) in [4.78, 5) is 47.1. The molecule has 0 spiro atoms. The Balaban J connectivity index is 1.28. The predicted octanol–water partition coefficient (Wildman–Crippen LogP) is 2.04. The first-order valence-electron chi connectivity index (χ1n) is 9.67. The number of nitro benzene ring substituents is 1. The van der Waals surface area contributed by atoms with Gasteiger partial charge >= 0.3 is 5.97 Å². The van der Waals surface area contributed by atoms with Gasteiger partial charge in [0.25, 0.3) is 11.6 Å². The maximum absolute atomic E-state index is 12.4. The minimum atomic E-state index is -0.698. The van der Waals surface area contributed by atoms with Crippen molar-refractivity contribution in [2.45, 2.75) is 0 Å². The number of non-ortho nitro benzene ring substituents is 1. The third kappa shape index (κ3) is 4.58. The second-order valence-electron chi connectivity index (χ2n) is 6.96. The fraction of sp³-hybridized carbons (Fsp3) is 0.238. The van der Waals surface area contributed by atoms with Crippen LogP contribution in [0.15, 0.2) is 54.7 Å². The zero-order valence-electron chi connectivity index (χ0n) is 16.5. The van der Waals surface area contributed by atoms with Crippen molar-refractivity contribution in [1.82, 2.24) is 14.9 Å². The summed E-state index contributed by atoms with van der Waals surface area (Å²) in [6, 6.07) is 13.5. The Kier molecular flexibility index (Phi) is 5.69. The summed E-state index contributed by atoms with van der Waals surface area (Å²) < 4.78 is 5.13. The number of nitro groups is 1. The number of rotatable bonds is 5. The van der Waals surface area contributed by atoms with E-state index in [0.29, 0.717) is 37.2 Å². The van der Waals surface area contributed by atoms with Crippen molar-refractivity contribution in [3.8, 4) is 0 Å². The zero-order chi connectivity index (χ0) is 21.8. The molecule has 0 radical (unpaired) electrons. The van der Waals surface area contributed by atoms with Gasteiger partial charge in [-0.3, -0.25) is 19.9 Å². The molecule has 10 nitrogen and oxygen atoms in total. The smallest absolute Gasteiger partial charge is 0.359 e. The molecule has 10 heteroatoms. The molecule has 3 aromatic rings. The van der Waals surface area contributed by atoms with Gasteiger partial charge in [0, 0.05) is 44.0 Å². The van der Waals surface area contributed by atoms with Crippen LogP contribution in [0.3, 0.4) is 0 Å².